The van der Waals surface area contributed by atoms with Gasteiger partial charge in [-0.25, -0.2) is 0 Å². The molecule has 0 aliphatic heterocycles. The van der Waals surface area contributed by atoms with Crippen molar-refractivity contribution in [3.63, 3.8) is 0 Å². The Kier molecular flexibility index (Phi) is 13.7. The second-order valence-corrected chi connectivity index (χ2v) is 4.88. The van der Waals surface area contributed by atoms with E-state index < -0.39 is 0 Å². The molecular formula is C12H35N5+4. The second-order valence-electron chi connectivity index (χ2n) is 4.88. The van der Waals surface area contributed by atoms with Crippen LogP contribution in [0.2, 0.25) is 0 Å². The number of hydrogen-bond acceptors (Lipinski definition) is 1. The maximum absolute atomic E-state index is 5.46. The van der Waals surface area contributed by atoms with Crippen molar-refractivity contribution in [2.75, 3.05) is 66.5 Å². The summed E-state index contributed by atoms with van der Waals surface area (Å²) in [5.74, 6) is 0. The molecule has 0 saturated heterocycles. The van der Waals surface area contributed by atoms with Crippen LogP contribution in [-0.2, 0) is 0 Å². The van der Waals surface area contributed by atoms with Gasteiger partial charge >= 0.3 is 0 Å². The van der Waals surface area contributed by atoms with Crippen LogP contribution in [0.1, 0.15) is 12.8 Å². The molecule has 0 aromatic heterocycles. The maximum atomic E-state index is 5.46. The van der Waals surface area contributed by atoms with Crippen molar-refractivity contribution in [2.24, 2.45) is 5.73 Å². The largest absolute Gasteiger partial charge is 0.344 e. The molecule has 5 nitrogen and oxygen atoms in total. The quantitative estimate of drug-likeness (QED) is 0.208. The topological polar surface area (TPSA) is 80.3 Å². The third-order valence-electron chi connectivity index (χ3n) is 3.06. The number of quaternary nitrogens is 4. The molecule has 0 aromatic carbocycles. The van der Waals surface area contributed by atoms with E-state index >= 15 is 0 Å². The summed E-state index contributed by atoms with van der Waals surface area (Å²) in [7, 11) is 4.43. The van der Waals surface area contributed by atoms with Crippen molar-refractivity contribution in [1.29, 1.82) is 0 Å². The zero-order chi connectivity index (χ0) is 12.8. The molecule has 0 spiro atoms. The monoisotopic (exact) mass is 249 g/mol. The number of hydrogen-bond donors (Lipinski definition) is 5. The average Bonchev–Trinajstić information content (AvgIpc) is 2.33. The van der Waals surface area contributed by atoms with E-state index in [4.69, 9.17) is 5.73 Å². The first kappa shape index (κ1) is 16.8. The normalized spacial score (nSPS) is 12.9. The van der Waals surface area contributed by atoms with Gasteiger partial charge in [0.25, 0.3) is 0 Å². The number of nitrogens with one attached hydrogen (secondary N) is 1. The van der Waals surface area contributed by atoms with Crippen LogP contribution >= 0.6 is 0 Å². The molecule has 0 aliphatic carbocycles. The van der Waals surface area contributed by atoms with Crippen LogP contribution in [0.5, 0.6) is 0 Å². The molecule has 0 heterocycles. The standard InChI is InChI=1S/C12H31N5/c1-14-8-9-15-7-4-11-17(2)12-10-16-6-3-5-13/h14-16H,3-13H2,1-2H3/p+4. The summed E-state index contributed by atoms with van der Waals surface area (Å²) < 4.78 is 0. The fraction of sp³-hybridized carbons (Fsp3) is 1.00. The smallest absolute Gasteiger partial charge is 0.127 e. The Balaban J connectivity index is 3.09. The van der Waals surface area contributed by atoms with Gasteiger partial charge in [0.05, 0.1) is 33.7 Å². The van der Waals surface area contributed by atoms with E-state index in [9.17, 15) is 0 Å². The van der Waals surface area contributed by atoms with Gasteiger partial charge in [-0.15, -0.1) is 0 Å². The third-order valence-corrected chi connectivity index (χ3v) is 3.06. The van der Waals surface area contributed by atoms with Crippen molar-refractivity contribution < 1.29 is 20.9 Å². The first-order chi connectivity index (χ1) is 8.31. The fourth-order valence-electron chi connectivity index (χ4n) is 1.86. The van der Waals surface area contributed by atoms with Crippen molar-refractivity contribution in [3.05, 3.63) is 0 Å². The predicted molar refractivity (Wildman–Crippen MR) is 70.9 cm³/mol. The Labute approximate surface area is 107 Å². The SMILES string of the molecule is C[NH2+]CC[NH2+]CCC[NH+](C)CC[NH2+]CCCN. The number of rotatable bonds is 13. The fourth-order valence-corrected chi connectivity index (χ4v) is 1.86. The Morgan fingerprint density at radius 2 is 1.59 bits per heavy atom. The molecule has 0 aromatic rings. The lowest BCUT2D eigenvalue weighted by Gasteiger charge is -2.12. The van der Waals surface area contributed by atoms with Crippen LogP contribution in [0, 0.1) is 0 Å². The average molecular weight is 249 g/mol. The highest BCUT2D eigenvalue weighted by Gasteiger charge is 2.03. The van der Waals surface area contributed by atoms with Gasteiger partial charge in [-0.1, -0.05) is 0 Å². The molecule has 17 heavy (non-hydrogen) atoms. The van der Waals surface area contributed by atoms with Crippen LogP contribution in [0.3, 0.4) is 0 Å². The lowest BCUT2D eigenvalue weighted by Crippen LogP contribution is -3.12. The summed E-state index contributed by atoms with van der Waals surface area (Å²) in [6.45, 7) is 9.59. The van der Waals surface area contributed by atoms with E-state index in [1.54, 1.807) is 4.90 Å². The minimum atomic E-state index is 0.824. The Morgan fingerprint density at radius 3 is 2.29 bits per heavy atom. The van der Waals surface area contributed by atoms with E-state index in [-0.39, 0.29) is 0 Å². The van der Waals surface area contributed by atoms with Crippen molar-refractivity contribution in [3.8, 4) is 0 Å². The van der Waals surface area contributed by atoms with Gasteiger partial charge in [-0.05, 0) is 6.54 Å². The van der Waals surface area contributed by atoms with Gasteiger partial charge in [0.2, 0.25) is 0 Å². The Bertz CT molecular complexity index is 143. The van der Waals surface area contributed by atoms with Crippen molar-refractivity contribution >= 4 is 0 Å². The van der Waals surface area contributed by atoms with Gasteiger partial charge < -0.3 is 26.6 Å². The molecule has 1 atom stereocenters. The minimum Gasteiger partial charge on any atom is -0.344 e. The Morgan fingerprint density at radius 1 is 0.882 bits per heavy atom. The predicted octanol–water partition coefficient (Wildman–Crippen LogP) is -5.44. The van der Waals surface area contributed by atoms with E-state index in [1.807, 2.05) is 0 Å². The van der Waals surface area contributed by atoms with E-state index in [0.717, 1.165) is 13.0 Å². The van der Waals surface area contributed by atoms with Gasteiger partial charge in [-0.2, -0.15) is 0 Å². The van der Waals surface area contributed by atoms with Crippen LogP contribution in [0.4, 0.5) is 0 Å². The summed E-state index contributed by atoms with van der Waals surface area (Å²) in [5, 5.41) is 7.06. The van der Waals surface area contributed by atoms with Crippen LogP contribution in [0.25, 0.3) is 0 Å². The molecule has 0 radical (unpaired) electrons. The molecule has 0 bridgehead atoms. The molecule has 5 heteroatoms. The molecule has 0 amide bonds. The lowest BCUT2D eigenvalue weighted by atomic mass is 10.3. The summed E-state index contributed by atoms with van der Waals surface area (Å²) in [6, 6.07) is 0. The molecule has 0 fully saturated rings. The van der Waals surface area contributed by atoms with E-state index in [2.05, 4.69) is 30.0 Å². The molecule has 104 valence electrons. The first-order valence-corrected chi connectivity index (χ1v) is 7.23. The highest BCUT2D eigenvalue weighted by Crippen LogP contribution is 1.62. The van der Waals surface area contributed by atoms with Gasteiger partial charge in [0.15, 0.2) is 0 Å². The highest BCUT2D eigenvalue weighted by atomic mass is 15.1. The molecular weight excluding hydrogens is 214 g/mol. The van der Waals surface area contributed by atoms with Crippen LogP contribution < -0.4 is 26.6 Å². The van der Waals surface area contributed by atoms with Gasteiger partial charge in [0, 0.05) is 12.8 Å². The summed E-state index contributed by atoms with van der Waals surface area (Å²) >= 11 is 0. The summed E-state index contributed by atoms with van der Waals surface area (Å²) in [4.78, 5) is 1.66. The number of likely N-dealkylation sites (N-methyl/N-ethyl adjacent to an activating group) is 2. The maximum Gasteiger partial charge on any atom is 0.127 e. The van der Waals surface area contributed by atoms with Gasteiger partial charge in [0.1, 0.15) is 26.2 Å². The Hall–Kier alpha value is -0.200. The van der Waals surface area contributed by atoms with Crippen molar-refractivity contribution in [1.82, 2.24) is 0 Å². The zero-order valence-electron chi connectivity index (χ0n) is 11.9. The van der Waals surface area contributed by atoms with E-state index in [0.29, 0.717) is 0 Å². The summed E-state index contributed by atoms with van der Waals surface area (Å²) in [5.41, 5.74) is 5.46. The molecule has 0 aliphatic rings. The first-order valence-electron chi connectivity index (χ1n) is 7.23. The molecule has 0 rings (SSSR count). The number of nitrogens with two attached hydrogens (primary N) is 4. The van der Waals surface area contributed by atoms with Gasteiger partial charge in [-0.3, -0.25) is 0 Å². The van der Waals surface area contributed by atoms with Crippen LogP contribution in [0.15, 0.2) is 0 Å². The van der Waals surface area contributed by atoms with Crippen molar-refractivity contribution in [2.45, 2.75) is 12.8 Å². The van der Waals surface area contributed by atoms with Crippen LogP contribution in [-0.4, -0.2) is 66.5 Å². The lowest BCUT2D eigenvalue weighted by molar-refractivity contribution is -0.895. The minimum absolute atomic E-state index is 0.824. The molecule has 1 unspecified atom stereocenters. The second kappa shape index (κ2) is 13.9. The third kappa shape index (κ3) is 13.7. The zero-order valence-corrected chi connectivity index (χ0v) is 11.9. The highest BCUT2D eigenvalue weighted by molar-refractivity contribution is 4.32. The molecule has 9 N–H and O–H groups in total. The molecule has 0 saturated carbocycles. The summed E-state index contributed by atoms with van der Waals surface area (Å²) in [6.07, 6.45) is 2.47. The van der Waals surface area contributed by atoms with E-state index in [1.165, 1.54) is 52.2 Å².